The van der Waals surface area contributed by atoms with E-state index in [1.165, 1.54) is 6.07 Å². The summed E-state index contributed by atoms with van der Waals surface area (Å²) in [4.78, 5) is 4.45. The van der Waals surface area contributed by atoms with E-state index in [1.807, 2.05) is 4.57 Å². The Morgan fingerprint density at radius 1 is 1.38 bits per heavy atom. The molecule has 7 heteroatoms. The summed E-state index contributed by atoms with van der Waals surface area (Å²) in [6.07, 6.45) is 0.553. The molecule has 1 aliphatic heterocycles. The van der Waals surface area contributed by atoms with Gasteiger partial charge in [0, 0.05) is 18.4 Å². The fraction of sp³-hybridized carbons (Fsp3) is 0.500. The molecule has 1 atom stereocenters. The number of alkyl halides is 1. The third kappa shape index (κ3) is 3.16. The molecule has 2 heterocycles. The minimum Gasteiger partial charge on any atom is -0.376 e. The van der Waals surface area contributed by atoms with Crippen LogP contribution in [0.5, 0.6) is 0 Å². The largest absolute Gasteiger partial charge is 0.376 e. The first-order chi connectivity index (χ1) is 10.2. The molecule has 0 saturated carbocycles. The molecule has 0 spiro atoms. The number of ether oxygens (including phenoxy) is 2. The van der Waals surface area contributed by atoms with Crippen molar-refractivity contribution in [3.63, 3.8) is 0 Å². The van der Waals surface area contributed by atoms with E-state index < -0.39 is 5.82 Å². The second-order valence-corrected chi connectivity index (χ2v) is 5.69. The lowest BCUT2D eigenvalue weighted by atomic mass is 10.3. The Labute approximate surface area is 131 Å². The Balaban J connectivity index is 2.00. The van der Waals surface area contributed by atoms with Gasteiger partial charge in [0.2, 0.25) is 0 Å². The average molecular weight is 333 g/mol. The van der Waals surface area contributed by atoms with Gasteiger partial charge in [-0.05, 0) is 6.07 Å². The molecule has 0 bridgehead atoms. The summed E-state index contributed by atoms with van der Waals surface area (Å²) >= 11 is 11.7. The maximum atomic E-state index is 13.6. The van der Waals surface area contributed by atoms with Crippen LogP contribution in [-0.4, -0.2) is 41.4 Å². The highest BCUT2D eigenvalue weighted by atomic mass is 35.5. The van der Waals surface area contributed by atoms with Crippen molar-refractivity contribution in [2.45, 2.75) is 19.1 Å². The van der Waals surface area contributed by atoms with E-state index in [0.29, 0.717) is 44.2 Å². The predicted octanol–water partition coefficient (Wildman–Crippen LogP) is 3.03. The first-order valence-electron chi connectivity index (χ1n) is 6.78. The Morgan fingerprint density at radius 3 is 2.95 bits per heavy atom. The highest BCUT2D eigenvalue weighted by Gasteiger charge is 2.20. The van der Waals surface area contributed by atoms with Gasteiger partial charge in [0.15, 0.2) is 0 Å². The molecule has 3 rings (SSSR count). The van der Waals surface area contributed by atoms with Gasteiger partial charge in [-0.1, -0.05) is 11.6 Å². The van der Waals surface area contributed by atoms with E-state index in [-0.39, 0.29) is 11.1 Å². The lowest BCUT2D eigenvalue weighted by Gasteiger charge is -2.24. The molecule has 4 nitrogen and oxygen atoms in total. The molecular weight excluding hydrogens is 318 g/mol. The van der Waals surface area contributed by atoms with Crippen molar-refractivity contribution in [1.82, 2.24) is 9.55 Å². The van der Waals surface area contributed by atoms with Crippen LogP contribution in [0.15, 0.2) is 12.1 Å². The molecule has 114 valence electrons. The van der Waals surface area contributed by atoms with Crippen molar-refractivity contribution in [2.75, 3.05) is 25.7 Å². The summed E-state index contributed by atoms with van der Waals surface area (Å²) in [5.41, 5.74) is 1.37. The molecule has 1 unspecified atom stereocenters. The van der Waals surface area contributed by atoms with Gasteiger partial charge in [0.05, 0.1) is 48.5 Å². The molecule has 21 heavy (non-hydrogen) atoms. The normalized spacial score (nSPS) is 19.3. The third-order valence-corrected chi connectivity index (χ3v) is 3.94. The number of benzene rings is 1. The average Bonchev–Trinajstić information content (AvgIpc) is 2.79. The lowest BCUT2D eigenvalue weighted by Crippen LogP contribution is -2.32. The number of aryl methyl sites for hydroxylation is 1. The van der Waals surface area contributed by atoms with Gasteiger partial charge < -0.3 is 14.0 Å². The van der Waals surface area contributed by atoms with Crippen LogP contribution in [-0.2, 0) is 22.4 Å². The van der Waals surface area contributed by atoms with Crippen LogP contribution in [0.4, 0.5) is 4.39 Å². The molecule has 1 saturated heterocycles. The molecule has 1 fully saturated rings. The van der Waals surface area contributed by atoms with Crippen LogP contribution in [0.3, 0.4) is 0 Å². The lowest BCUT2D eigenvalue weighted by molar-refractivity contribution is -0.0934. The van der Waals surface area contributed by atoms with Crippen molar-refractivity contribution >= 4 is 34.2 Å². The Morgan fingerprint density at radius 2 is 2.24 bits per heavy atom. The number of nitrogens with zero attached hydrogens (tertiary/aromatic N) is 2. The van der Waals surface area contributed by atoms with Crippen molar-refractivity contribution in [1.29, 1.82) is 0 Å². The maximum Gasteiger partial charge on any atom is 0.144 e. The highest BCUT2D eigenvalue weighted by Crippen LogP contribution is 2.25. The van der Waals surface area contributed by atoms with Crippen LogP contribution in [0.2, 0.25) is 5.02 Å². The van der Waals surface area contributed by atoms with Gasteiger partial charge in [0.25, 0.3) is 0 Å². The van der Waals surface area contributed by atoms with Gasteiger partial charge in [0.1, 0.15) is 11.6 Å². The van der Waals surface area contributed by atoms with Gasteiger partial charge in [-0.2, -0.15) is 0 Å². The zero-order valence-corrected chi connectivity index (χ0v) is 12.8. The maximum absolute atomic E-state index is 13.6. The number of aromatic nitrogens is 2. The number of hydrogen-bond acceptors (Lipinski definition) is 3. The second kappa shape index (κ2) is 6.48. The summed E-state index contributed by atoms with van der Waals surface area (Å²) in [6, 6.07) is 2.95. The molecule has 1 aromatic carbocycles. The van der Waals surface area contributed by atoms with Gasteiger partial charge in [-0.3, -0.25) is 0 Å². The number of rotatable bonds is 4. The van der Waals surface area contributed by atoms with Crippen LogP contribution >= 0.6 is 23.2 Å². The van der Waals surface area contributed by atoms with Crippen molar-refractivity contribution in [3.8, 4) is 0 Å². The number of hydrogen-bond donors (Lipinski definition) is 0. The molecule has 0 radical (unpaired) electrons. The second-order valence-electron chi connectivity index (χ2n) is 4.90. The minimum absolute atomic E-state index is 0.0472. The summed E-state index contributed by atoms with van der Waals surface area (Å²) in [7, 11) is 0. The molecule has 1 aliphatic rings. The van der Waals surface area contributed by atoms with Crippen LogP contribution in [0.1, 0.15) is 5.82 Å². The molecule has 0 N–H and O–H groups in total. The van der Waals surface area contributed by atoms with E-state index >= 15 is 0 Å². The molecule has 1 aromatic heterocycles. The number of halogens is 3. The van der Waals surface area contributed by atoms with Crippen LogP contribution in [0.25, 0.3) is 11.0 Å². The first-order valence-corrected chi connectivity index (χ1v) is 7.69. The summed E-state index contributed by atoms with van der Waals surface area (Å²) < 4.78 is 26.7. The highest BCUT2D eigenvalue weighted by molar-refractivity contribution is 6.31. The quantitative estimate of drug-likeness (QED) is 0.807. The Kier molecular flexibility index (Phi) is 4.64. The topological polar surface area (TPSA) is 36.3 Å². The summed E-state index contributed by atoms with van der Waals surface area (Å²) in [6.45, 7) is 2.32. The zero-order chi connectivity index (χ0) is 14.8. The van der Waals surface area contributed by atoms with E-state index in [0.717, 1.165) is 11.3 Å². The van der Waals surface area contributed by atoms with E-state index in [1.54, 1.807) is 6.07 Å². The number of fused-ring (bicyclic) bond motifs is 1. The SMILES string of the molecule is Fc1cc2nc(CCCl)n(CC3COCCO3)c2cc1Cl. The van der Waals surface area contributed by atoms with E-state index in [9.17, 15) is 4.39 Å². The summed E-state index contributed by atoms with van der Waals surface area (Å²) in [5.74, 6) is 0.779. The standard InChI is InChI=1S/C14H15Cl2FN2O2/c15-2-1-14-18-12-6-11(17)10(16)5-13(12)19(14)7-9-8-20-3-4-21-9/h5-6,9H,1-4,7-8H2. The third-order valence-electron chi connectivity index (χ3n) is 3.46. The van der Waals surface area contributed by atoms with Crippen molar-refractivity contribution < 1.29 is 13.9 Å². The first kappa shape index (κ1) is 15.0. The van der Waals surface area contributed by atoms with Crippen LogP contribution in [0, 0.1) is 5.82 Å². The van der Waals surface area contributed by atoms with E-state index in [2.05, 4.69) is 4.98 Å². The molecule has 0 amide bonds. The van der Waals surface area contributed by atoms with Crippen LogP contribution < -0.4 is 0 Å². The van der Waals surface area contributed by atoms with Gasteiger partial charge in [-0.15, -0.1) is 11.6 Å². The Hall–Kier alpha value is -0.880. The van der Waals surface area contributed by atoms with Crippen molar-refractivity contribution in [3.05, 3.63) is 28.8 Å². The fourth-order valence-corrected chi connectivity index (χ4v) is 2.82. The predicted molar refractivity (Wildman–Crippen MR) is 79.7 cm³/mol. The molecule has 0 aliphatic carbocycles. The summed E-state index contributed by atoms with van der Waals surface area (Å²) in [5, 5.41) is 0.0851. The van der Waals surface area contributed by atoms with E-state index in [4.69, 9.17) is 32.7 Å². The van der Waals surface area contributed by atoms with Crippen molar-refractivity contribution in [2.24, 2.45) is 0 Å². The zero-order valence-electron chi connectivity index (χ0n) is 11.3. The smallest absolute Gasteiger partial charge is 0.144 e. The number of imidazole rings is 1. The Bertz CT molecular complexity index is 641. The molecule has 2 aromatic rings. The van der Waals surface area contributed by atoms with Gasteiger partial charge >= 0.3 is 0 Å². The van der Waals surface area contributed by atoms with Gasteiger partial charge in [-0.25, -0.2) is 9.37 Å². The fourth-order valence-electron chi connectivity index (χ4n) is 2.49. The molecular formula is C14H15Cl2FN2O2. The minimum atomic E-state index is -0.469. The monoisotopic (exact) mass is 332 g/mol.